The zero-order chi connectivity index (χ0) is 13.5. The molecule has 2 rings (SSSR count). The Bertz CT molecular complexity index is 338. The highest BCUT2D eigenvalue weighted by Gasteiger charge is 2.24. The lowest BCUT2D eigenvalue weighted by Crippen LogP contribution is -2.35. The van der Waals surface area contributed by atoms with E-state index in [2.05, 4.69) is 49.6 Å². The first kappa shape index (κ1) is 14.6. The van der Waals surface area contributed by atoms with E-state index >= 15 is 0 Å². The Balaban J connectivity index is 1.73. The summed E-state index contributed by atoms with van der Waals surface area (Å²) in [6.45, 7) is 2.40. The fourth-order valence-corrected chi connectivity index (χ4v) is 3.47. The molecule has 1 heteroatoms. The first-order valence-corrected chi connectivity index (χ1v) is 8.00. The summed E-state index contributed by atoms with van der Waals surface area (Å²) in [7, 11) is 2.14. The third-order valence-electron chi connectivity index (χ3n) is 4.82. The summed E-state index contributed by atoms with van der Waals surface area (Å²) in [6, 6.07) is 11.6. The van der Waals surface area contributed by atoms with Gasteiger partial charge in [-0.25, -0.2) is 0 Å². The maximum atomic E-state index is 3.57. The van der Waals surface area contributed by atoms with Crippen LogP contribution in [0.3, 0.4) is 0 Å². The molecule has 106 valence electrons. The van der Waals surface area contributed by atoms with E-state index in [0.717, 1.165) is 17.9 Å². The van der Waals surface area contributed by atoms with E-state index in [1.54, 1.807) is 0 Å². The minimum Gasteiger partial charge on any atom is -0.317 e. The van der Waals surface area contributed by atoms with Gasteiger partial charge in [0.1, 0.15) is 0 Å². The lowest BCUT2D eigenvalue weighted by molar-refractivity contribution is 0.227. The molecule has 0 heterocycles. The van der Waals surface area contributed by atoms with Crippen molar-refractivity contribution in [3.63, 3.8) is 0 Å². The lowest BCUT2D eigenvalue weighted by Gasteiger charge is -2.32. The molecule has 1 aliphatic rings. The van der Waals surface area contributed by atoms with Gasteiger partial charge in [0.05, 0.1) is 0 Å². The molecule has 1 aromatic carbocycles. The number of benzene rings is 1. The van der Waals surface area contributed by atoms with Gasteiger partial charge < -0.3 is 5.32 Å². The normalized spacial score (nSPS) is 25.2. The van der Waals surface area contributed by atoms with Gasteiger partial charge in [0.2, 0.25) is 0 Å². The van der Waals surface area contributed by atoms with Crippen LogP contribution in [0, 0.1) is 11.8 Å². The van der Waals surface area contributed by atoms with Crippen LogP contribution in [-0.2, 0) is 6.42 Å². The van der Waals surface area contributed by atoms with Crippen molar-refractivity contribution in [1.82, 2.24) is 5.32 Å². The summed E-state index contributed by atoms with van der Waals surface area (Å²) in [5.74, 6) is 1.87. The molecule has 1 aromatic rings. The van der Waals surface area contributed by atoms with Crippen LogP contribution < -0.4 is 5.32 Å². The predicted molar refractivity (Wildman–Crippen MR) is 83.3 cm³/mol. The van der Waals surface area contributed by atoms with Gasteiger partial charge in [0.15, 0.2) is 0 Å². The second-order valence-corrected chi connectivity index (χ2v) is 6.29. The molecule has 0 spiro atoms. The molecule has 1 atom stereocenters. The zero-order valence-corrected chi connectivity index (χ0v) is 12.6. The van der Waals surface area contributed by atoms with Crippen LogP contribution in [0.25, 0.3) is 0 Å². The van der Waals surface area contributed by atoms with Crippen molar-refractivity contribution in [2.75, 3.05) is 7.05 Å². The summed E-state index contributed by atoms with van der Waals surface area (Å²) in [5.41, 5.74) is 1.48. The van der Waals surface area contributed by atoms with Gasteiger partial charge in [-0.05, 0) is 56.6 Å². The van der Waals surface area contributed by atoms with Gasteiger partial charge in [-0.3, -0.25) is 0 Å². The molecule has 1 fully saturated rings. The highest BCUT2D eigenvalue weighted by Crippen LogP contribution is 2.31. The van der Waals surface area contributed by atoms with Crippen LogP contribution in [0.4, 0.5) is 0 Å². The van der Waals surface area contributed by atoms with Crippen molar-refractivity contribution in [3.8, 4) is 0 Å². The largest absolute Gasteiger partial charge is 0.317 e. The van der Waals surface area contributed by atoms with Gasteiger partial charge in [0, 0.05) is 6.04 Å². The van der Waals surface area contributed by atoms with Crippen molar-refractivity contribution in [2.45, 2.75) is 57.9 Å². The molecule has 0 bridgehead atoms. The minimum absolute atomic E-state index is 0.733. The molecule has 0 radical (unpaired) electrons. The lowest BCUT2D eigenvalue weighted by atomic mass is 9.78. The van der Waals surface area contributed by atoms with Gasteiger partial charge in [-0.1, -0.05) is 50.1 Å². The molecule has 0 aromatic heterocycles. The van der Waals surface area contributed by atoms with E-state index in [9.17, 15) is 0 Å². The Hall–Kier alpha value is -0.820. The maximum Gasteiger partial charge on any atom is 0.00924 e. The standard InChI is InChI=1S/C18H29N/c1-15-11-13-17(14-12-15)18(19-2)10-6-9-16-7-4-3-5-8-16/h3-5,7-8,15,17-19H,6,9-14H2,1-2H3. The van der Waals surface area contributed by atoms with Crippen LogP contribution in [-0.4, -0.2) is 13.1 Å². The second-order valence-electron chi connectivity index (χ2n) is 6.29. The third kappa shape index (κ3) is 4.65. The Morgan fingerprint density at radius 1 is 1.11 bits per heavy atom. The highest BCUT2D eigenvalue weighted by atomic mass is 14.9. The Morgan fingerprint density at radius 2 is 1.79 bits per heavy atom. The minimum atomic E-state index is 0.733. The van der Waals surface area contributed by atoms with E-state index in [4.69, 9.17) is 0 Å². The molecule has 19 heavy (non-hydrogen) atoms. The van der Waals surface area contributed by atoms with Crippen LogP contribution in [0.15, 0.2) is 30.3 Å². The Morgan fingerprint density at radius 3 is 2.42 bits per heavy atom. The zero-order valence-electron chi connectivity index (χ0n) is 12.6. The van der Waals surface area contributed by atoms with Gasteiger partial charge >= 0.3 is 0 Å². The third-order valence-corrected chi connectivity index (χ3v) is 4.82. The average Bonchev–Trinajstić information content (AvgIpc) is 2.46. The van der Waals surface area contributed by atoms with E-state index in [-0.39, 0.29) is 0 Å². The summed E-state index contributed by atoms with van der Waals surface area (Å²) in [6.07, 6.45) is 9.58. The topological polar surface area (TPSA) is 12.0 Å². The van der Waals surface area contributed by atoms with Crippen LogP contribution in [0.1, 0.15) is 51.0 Å². The average molecular weight is 259 g/mol. The summed E-state index contributed by atoms with van der Waals surface area (Å²) in [5, 5.41) is 3.57. The number of rotatable bonds is 6. The van der Waals surface area contributed by atoms with Crippen molar-refractivity contribution in [1.29, 1.82) is 0 Å². The first-order chi connectivity index (χ1) is 9.29. The van der Waals surface area contributed by atoms with Crippen molar-refractivity contribution >= 4 is 0 Å². The number of nitrogens with one attached hydrogen (secondary N) is 1. The summed E-state index contributed by atoms with van der Waals surface area (Å²) in [4.78, 5) is 0. The first-order valence-electron chi connectivity index (χ1n) is 8.00. The van der Waals surface area contributed by atoms with Crippen LogP contribution in [0.2, 0.25) is 0 Å². The number of hydrogen-bond acceptors (Lipinski definition) is 1. The smallest absolute Gasteiger partial charge is 0.00924 e. The van der Waals surface area contributed by atoms with Gasteiger partial charge in [0.25, 0.3) is 0 Å². The fraction of sp³-hybridized carbons (Fsp3) is 0.667. The van der Waals surface area contributed by atoms with Crippen molar-refractivity contribution < 1.29 is 0 Å². The molecule has 1 aliphatic carbocycles. The highest BCUT2D eigenvalue weighted by molar-refractivity contribution is 5.14. The van der Waals surface area contributed by atoms with E-state index < -0.39 is 0 Å². The van der Waals surface area contributed by atoms with Crippen molar-refractivity contribution in [3.05, 3.63) is 35.9 Å². The molecule has 1 unspecified atom stereocenters. The number of hydrogen-bond donors (Lipinski definition) is 1. The Labute approximate surface area is 118 Å². The molecular weight excluding hydrogens is 230 g/mol. The molecule has 0 aliphatic heterocycles. The Kier molecular flexibility index (Phi) is 5.91. The second kappa shape index (κ2) is 7.69. The van der Waals surface area contributed by atoms with Gasteiger partial charge in [-0.15, -0.1) is 0 Å². The van der Waals surface area contributed by atoms with E-state index in [1.165, 1.54) is 50.5 Å². The summed E-state index contributed by atoms with van der Waals surface area (Å²) < 4.78 is 0. The maximum absolute atomic E-state index is 3.57. The van der Waals surface area contributed by atoms with Crippen molar-refractivity contribution in [2.24, 2.45) is 11.8 Å². The molecule has 1 nitrogen and oxygen atoms in total. The molecule has 1 saturated carbocycles. The SMILES string of the molecule is CNC(CCCc1ccccc1)C1CCC(C)CC1. The van der Waals surface area contributed by atoms with E-state index in [1.807, 2.05) is 0 Å². The summed E-state index contributed by atoms with van der Waals surface area (Å²) >= 11 is 0. The van der Waals surface area contributed by atoms with Gasteiger partial charge in [-0.2, -0.15) is 0 Å². The molecular formula is C18H29N. The monoisotopic (exact) mass is 259 g/mol. The van der Waals surface area contributed by atoms with E-state index in [0.29, 0.717) is 0 Å². The number of aryl methyl sites for hydroxylation is 1. The van der Waals surface area contributed by atoms with Crippen LogP contribution >= 0.6 is 0 Å². The fourth-order valence-electron chi connectivity index (χ4n) is 3.47. The van der Waals surface area contributed by atoms with Crippen LogP contribution in [0.5, 0.6) is 0 Å². The molecule has 0 saturated heterocycles. The quantitative estimate of drug-likeness (QED) is 0.797. The predicted octanol–water partition coefficient (Wildman–Crippen LogP) is 4.42. The molecule has 0 amide bonds. The molecule has 1 N–H and O–H groups in total.